The van der Waals surface area contributed by atoms with E-state index in [0.29, 0.717) is 0 Å². The highest BCUT2D eigenvalue weighted by Crippen LogP contribution is 2.77. The fourth-order valence-corrected chi connectivity index (χ4v) is 5.83. The minimum Gasteiger partial charge on any atom is -0.458 e. The fraction of sp³-hybridized carbons (Fsp3) is 0.867. The summed E-state index contributed by atoms with van der Waals surface area (Å²) in [6.07, 6.45) is -1.78. The van der Waals surface area contributed by atoms with Gasteiger partial charge in [-0.05, 0) is 20.8 Å². The van der Waals surface area contributed by atoms with Gasteiger partial charge >= 0.3 is 11.9 Å². The highest BCUT2D eigenvalue weighted by Gasteiger charge is 2.95. The zero-order valence-corrected chi connectivity index (χ0v) is 12.5. The van der Waals surface area contributed by atoms with Crippen LogP contribution in [0.1, 0.15) is 27.2 Å². The van der Waals surface area contributed by atoms with E-state index in [-0.39, 0.29) is 6.42 Å². The molecule has 0 amide bonds. The first kappa shape index (κ1) is 13.3. The van der Waals surface area contributed by atoms with E-state index in [1.807, 2.05) is 0 Å². The summed E-state index contributed by atoms with van der Waals surface area (Å²) in [7, 11) is 0. The summed E-state index contributed by atoms with van der Waals surface area (Å²) in [5.41, 5.74) is -4.89. The molecule has 5 fully saturated rings. The molecule has 2 saturated carbocycles. The first-order valence-corrected chi connectivity index (χ1v) is 7.63. The molecule has 120 valence electrons. The van der Waals surface area contributed by atoms with Crippen LogP contribution in [0.3, 0.4) is 0 Å². The molecule has 0 aromatic carbocycles. The molecule has 3 heterocycles. The Bertz CT molecular complexity index is 638. The number of carbonyl (C=O) groups is 2. The van der Waals surface area contributed by atoms with E-state index in [0.717, 1.165) is 0 Å². The standard InChI is InChI=1S/C15H18O7/c1-12(2,18)6-7-10(16)20-8(6)9-13(3)14(7,19)4-5-15(13,22-5)11(17)21-9/h5-9,18-19H,4H2,1-3H3/t5-,6+,7-,8-,9-,13-,14?,15+/m1/s1. The molecule has 5 aliphatic rings. The zero-order chi connectivity index (χ0) is 15.9. The van der Waals surface area contributed by atoms with Gasteiger partial charge in [-0.2, -0.15) is 0 Å². The summed E-state index contributed by atoms with van der Waals surface area (Å²) in [5, 5.41) is 21.9. The molecule has 2 bridgehead atoms. The van der Waals surface area contributed by atoms with Crippen molar-refractivity contribution in [1.29, 1.82) is 0 Å². The summed E-state index contributed by atoms with van der Waals surface area (Å²) in [6, 6.07) is 0. The summed E-state index contributed by atoms with van der Waals surface area (Å²) < 4.78 is 16.5. The molecular weight excluding hydrogens is 292 g/mol. The second kappa shape index (κ2) is 3.07. The Morgan fingerprint density at radius 1 is 1.27 bits per heavy atom. The number of esters is 2. The van der Waals surface area contributed by atoms with Gasteiger partial charge in [0.15, 0.2) is 6.10 Å². The Balaban J connectivity index is 1.76. The van der Waals surface area contributed by atoms with E-state index in [1.54, 1.807) is 20.8 Å². The Hall–Kier alpha value is -1.18. The van der Waals surface area contributed by atoms with Crippen molar-refractivity contribution in [1.82, 2.24) is 0 Å². The van der Waals surface area contributed by atoms with Crippen LogP contribution in [0.5, 0.6) is 0 Å². The van der Waals surface area contributed by atoms with Gasteiger partial charge in [0.1, 0.15) is 12.2 Å². The van der Waals surface area contributed by atoms with Crippen molar-refractivity contribution in [2.24, 2.45) is 17.3 Å². The molecule has 0 radical (unpaired) electrons. The molecule has 0 aromatic rings. The van der Waals surface area contributed by atoms with Crippen LogP contribution in [-0.4, -0.2) is 57.3 Å². The molecule has 3 saturated heterocycles. The summed E-state index contributed by atoms with van der Waals surface area (Å²) >= 11 is 0. The first-order valence-electron chi connectivity index (χ1n) is 7.63. The smallest absolute Gasteiger partial charge is 0.342 e. The Morgan fingerprint density at radius 3 is 2.59 bits per heavy atom. The fourth-order valence-electron chi connectivity index (χ4n) is 5.83. The van der Waals surface area contributed by atoms with Crippen LogP contribution in [0.25, 0.3) is 0 Å². The van der Waals surface area contributed by atoms with Crippen LogP contribution in [-0.2, 0) is 23.8 Å². The van der Waals surface area contributed by atoms with Gasteiger partial charge in [-0.25, -0.2) is 4.79 Å². The SMILES string of the molecule is CC(C)(O)[C@@H]1[C@H]2OC(=O)[C@@H]1C1(O)C[C@H]3O[C@]34C(=O)O[C@H]2[C@]14C. The lowest BCUT2D eigenvalue weighted by atomic mass is 9.52. The summed E-state index contributed by atoms with van der Waals surface area (Å²) in [6.45, 7) is 4.92. The molecule has 3 aliphatic heterocycles. The molecule has 8 atom stereocenters. The molecule has 2 aliphatic carbocycles. The van der Waals surface area contributed by atoms with Gasteiger partial charge in [0.25, 0.3) is 0 Å². The third-order valence-electron chi connectivity index (χ3n) is 6.85. The molecular formula is C15H18O7. The second-order valence-corrected chi connectivity index (χ2v) is 8.06. The van der Waals surface area contributed by atoms with E-state index in [4.69, 9.17) is 14.2 Å². The molecule has 1 spiro atoms. The highest BCUT2D eigenvalue weighted by atomic mass is 16.7. The summed E-state index contributed by atoms with van der Waals surface area (Å²) in [4.78, 5) is 24.8. The number of hydrogen-bond acceptors (Lipinski definition) is 7. The van der Waals surface area contributed by atoms with E-state index >= 15 is 0 Å². The number of carbonyl (C=O) groups excluding carboxylic acids is 2. The van der Waals surface area contributed by atoms with Crippen LogP contribution < -0.4 is 0 Å². The minimum absolute atomic E-state index is 0.189. The van der Waals surface area contributed by atoms with Crippen molar-refractivity contribution in [3.63, 3.8) is 0 Å². The van der Waals surface area contributed by atoms with Gasteiger partial charge < -0.3 is 24.4 Å². The molecule has 0 aromatic heterocycles. The molecule has 5 rings (SSSR count). The van der Waals surface area contributed by atoms with Crippen molar-refractivity contribution in [3.05, 3.63) is 0 Å². The van der Waals surface area contributed by atoms with Gasteiger partial charge in [-0.1, -0.05) is 0 Å². The number of fused-ring (bicyclic) bond motifs is 4. The highest BCUT2D eigenvalue weighted by molar-refractivity contribution is 5.91. The van der Waals surface area contributed by atoms with Gasteiger partial charge in [-0.3, -0.25) is 4.79 Å². The van der Waals surface area contributed by atoms with Gasteiger partial charge in [0.2, 0.25) is 5.60 Å². The third kappa shape index (κ3) is 0.962. The van der Waals surface area contributed by atoms with Crippen LogP contribution in [0.15, 0.2) is 0 Å². The van der Waals surface area contributed by atoms with E-state index in [2.05, 4.69) is 0 Å². The first-order chi connectivity index (χ1) is 10.1. The second-order valence-electron chi connectivity index (χ2n) is 8.06. The number of ether oxygens (including phenoxy) is 3. The Morgan fingerprint density at radius 2 is 1.95 bits per heavy atom. The van der Waals surface area contributed by atoms with Gasteiger partial charge in [0, 0.05) is 12.3 Å². The Labute approximate surface area is 126 Å². The third-order valence-corrected chi connectivity index (χ3v) is 6.85. The maximum atomic E-state index is 12.4. The zero-order valence-electron chi connectivity index (χ0n) is 12.5. The quantitative estimate of drug-likeness (QED) is 0.479. The van der Waals surface area contributed by atoms with Crippen LogP contribution in [0, 0.1) is 17.3 Å². The molecule has 7 heteroatoms. The normalized spacial score (nSPS) is 60.7. The predicted octanol–water partition coefficient (Wildman–Crippen LogP) is -0.867. The lowest BCUT2D eigenvalue weighted by molar-refractivity contribution is -0.223. The number of epoxide rings is 1. The van der Waals surface area contributed by atoms with Crippen molar-refractivity contribution in [2.75, 3.05) is 0 Å². The van der Waals surface area contributed by atoms with Crippen molar-refractivity contribution >= 4 is 11.9 Å². The lowest BCUT2D eigenvalue weighted by Gasteiger charge is -2.53. The van der Waals surface area contributed by atoms with Gasteiger partial charge in [0.05, 0.1) is 22.5 Å². The monoisotopic (exact) mass is 310 g/mol. The van der Waals surface area contributed by atoms with Gasteiger partial charge in [-0.15, -0.1) is 0 Å². The van der Waals surface area contributed by atoms with Crippen molar-refractivity contribution in [3.8, 4) is 0 Å². The largest absolute Gasteiger partial charge is 0.458 e. The topological polar surface area (TPSA) is 106 Å². The van der Waals surface area contributed by atoms with E-state index in [9.17, 15) is 19.8 Å². The van der Waals surface area contributed by atoms with Crippen LogP contribution in [0.4, 0.5) is 0 Å². The Kier molecular flexibility index (Phi) is 1.85. The maximum absolute atomic E-state index is 12.4. The molecule has 7 nitrogen and oxygen atoms in total. The number of rotatable bonds is 1. The lowest BCUT2D eigenvalue weighted by Crippen LogP contribution is -2.68. The van der Waals surface area contributed by atoms with E-state index < -0.39 is 64.3 Å². The maximum Gasteiger partial charge on any atom is 0.342 e. The molecule has 2 N–H and O–H groups in total. The van der Waals surface area contributed by atoms with Crippen molar-refractivity contribution < 1.29 is 34.0 Å². The average molecular weight is 310 g/mol. The predicted molar refractivity (Wildman–Crippen MR) is 68.3 cm³/mol. The summed E-state index contributed by atoms with van der Waals surface area (Å²) in [5.74, 6) is -2.51. The van der Waals surface area contributed by atoms with E-state index in [1.165, 1.54) is 0 Å². The molecule has 22 heavy (non-hydrogen) atoms. The number of hydrogen-bond donors (Lipinski definition) is 2. The number of aliphatic hydroxyl groups is 2. The molecule has 1 unspecified atom stereocenters. The van der Waals surface area contributed by atoms with Crippen molar-refractivity contribution in [2.45, 2.75) is 62.3 Å². The van der Waals surface area contributed by atoms with Crippen LogP contribution in [0.2, 0.25) is 0 Å². The van der Waals surface area contributed by atoms with Crippen LogP contribution >= 0.6 is 0 Å². The minimum atomic E-state index is -1.47. The average Bonchev–Trinajstić information content (AvgIpc) is 2.85.